The minimum atomic E-state index is -0.852. The van der Waals surface area contributed by atoms with Crippen LogP contribution in [0.2, 0.25) is 0 Å². The van der Waals surface area contributed by atoms with E-state index in [-0.39, 0.29) is 13.2 Å². The molecule has 0 heterocycles. The molecule has 0 aliphatic rings. The van der Waals surface area contributed by atoms with Gasteiger partial charge in [0.15, 0.2) is 6.23 Å². The number of carbonyl (C=O) groups excluding carboxylic acids is 2. The molecular formula is C19H21NO5. The fourth-order valence-corrected chi connectivity index (χ4v) is 2.26. The van der Waals surface area contributed by atoms with Crippen molar-refractivity contribution in [1.82, 2.24) is 5.32 Å². The fourth-order valence-electron chi connectivity index (χ4n) is 2.26. The zero-order chi connectivity index (χ0) is 18.1. The summed E-state index contributed by atoms with van der Waals surface area (Å²) in [7, 11) is 1.30. The SMILES string of the molecule is CCOC(=O)NC(OCc1ccccc1)c1ccccc1C(=O)OC. The summed E-state index contributed by atoms with van der Waals surface area (Å²) in [5.41, 5.74) is 1.76. The normalized spacial score (nSPS) is 11.4. The van der Waals surface area contributed by atoms with Crippen LogP contribution in [0.15, 0.2) is 54.6 Å². The first kappa shape index (κ1) is 18.5. The molecule has 0 aromatic heterocycles. The Morgan fingerprint density at radius 2 is 1.72 bits per heavy atom. The van der Waals surface area contributed by atoms with Crippen LogP contribution in [0.5, 0.6) is 0 Å². The zero-order valence-electron chi connectivity index (χ0n) is 14.2. The van der Waals surface area contributed by atoms with Gasteiger partial charge in [-0.3, -0.25) is 5.32 Å². The highest BCUT2D eigenvalue weighted by atomic mass is 16.6. The Kier molecular flexibility index (Phi) is 6.98. The molecule has 25 heavy (non-hydrogen) atoms. The molecule has 1 atom stereocenters. The monoisotopic (exact) mass is 343 g/mol. The number of hydrogen-bond acceptors (Lipinski definition) is 5. The van der Waals surface area contributed by atoms with Gasteiger partial charge in [0.05, 0.1) is 25.9 Å². The summed E-state index contributed by atoms with van der Waals surface area (Å²) in [5.74, 6) is -0.505. The molecule has 1 amide bonds. The van der Waals surface area contributed by atoms with Gasteiger partial charge in [-0.1, -0.05) is 48.5 Å². The van der Waals surface area contributed by atoms with E-state index < -0.39 is 18.3 Å². The second-order valence-corrected chi connectivity index (χ2v) is 5.12. The molecule has 0 aliphatic heterocycles. The van der Waals surface area contributed by atoms with E-state index in [0.29, 0.717) is 11.1 Å². The van der Waals surface area contributed by atoms with E-state index in [1.165, 1.54) is 7.11 Å². The second kappa shape index (κ2) is 9.44. The molecule has 0 radical (unpaired) electrons. The lowest BCUT2D eigenvalue weighted by molar-refractivity contribution is 0.0130. The number of carbonyl (C=O) groups is 2. The van der Waals surface area contributed by atoms with Crippen molar-refractivity contribution in [1.29, 1.82) is 0 Å². The number of alkyl carbamates (subject to hydrolysis) is 1. The number of methoxy groups -OCH3 is 1. The van der Waals surface area contributed by atoms with Gasteiger partial charge in [-0.15, -0.1) is 0 Å². The van der Waals surface area contributed by atoms with Gasteiger partial charge in [0, 0.05) is 5.56 Å². The molecule has 0 saturated carbocycles. The maximum atomic E-state index is 12.0. The molecule has 1 unspecified atom stereocenters. The fraction of sp³-hybridized carbons (Fsp3) is 0.263. The van der Waals surface area contributed by atoms with Crippen LogP contribution in [0.1, 0.15) is 34.6 Å². The largest absolute Gasteiger partial charge is 0.465 e. The Labute approximate surface area is 146 Å². The molecule has 2 aromatic carbocycles. The van der Waals surface area contributed by atoms with Crippen molar-refractivity contribution >= 4 is 12.1 Å². The van der Waals surface area contributed by atoms with Gasteiger partial charge in [-0.05, 0) is 18.6 Å². The lowest BCUT2D eigenvalue weighted by Gasteiger charge is -2.21. The van der Waals surface area contributed by atoms with E-state index in [1.54, 1.807) is 31.2 Å². The number of hydrogen-bond donors (Lipinski definition) is 1. The third kappa shape index (κ3) is 5.32. The van der Waals surface area contributed by atoms with Gasteiger partial charge < -0.3 is 14.2 Å². The molecular weight excluding hydrogens is 322 g/mol. The van der Waals surface area contributed by atoms with Crippen LogP contribution in [0.4, 0.5) is 4.79 Å². The van der Waals surface area contributed by atoms with Crippen LogP contribution in [0, 0.1) is 0 Å². The molecule has 0 spiro atoms. The molecule has 0 bridgehead atoms. The first-order chi connectivity index (χ1) is 12.2. The molecule has 6 heteroatoms. The second-order valence-electron chi connectivity index (χ2n) is 5.12. The van der Waals surface area contributed by atoms with Crippen molar-refractivity contribution in [3.8, 4) is 0 Å². The van der Waals surface area contributed by atoms with Crippen molar-refractivity contribution in [2.45, 2.75) is 19.8 Å². The number of rotatable bonds is 7. The summed E-state index contributed by atoms with van der Waals surface area (Å²) in [6, 6.07) is 16.3. The number of benzene rings is 2. The Hall–Kier alpha value is -2.86. The van der Waals surface area contributed by atoms with Crippen molar-refractivity contribution in [2.75, 3.05) is 13.7 Å². The quantitative estimate of drug-likeness (QED) is 0.616. The average molecular weight is 343 g/mol. The maximum Gasteiger partial charge on any atom is 0.409 e. The third-order valence-electron chi connectivity index (χ3n) is 3.43. The first-order valence-electron chi connectivity index (χ1n) is 7.91. The highest BCUT2D eigenvalue weighted by Crippen LogP contribution is 2.22. The van der Waals surface area contributed by atoms with E-state index >= 15 is 0 Å². The van der Waals surface area contributed by atoms with Crippen molar-refractivity contribution in [3.05, 3.63) is 71.3 Å². The molecule has 1 N–H and O–H groups in total. The maximum absolute atomic E-state index is 12.0. The Bertz CT molecular complexity index is 702. The van der Waals surface area contributed by atoms with Crippen LogP contribution in [0.3, 0.4) is 0 Å². The van der Waals surface area contributed by atoms with E-state index in [0.717, 1.165) is 5.56 Å². The zero-order valence-corrected chi connectivity index (χ0v) is 14.2. The highest BCUT2D eigenvalue weighted by Gasteiger charge is 2.22. The van der Waals surface area contributed by atoms with Gasteiger partial charge in [-0.25, -0.2) is 9.59 Å². The summed E-state index contributed by atoms with van der Waals surface area (Å²) in [6.45, 7) is 2.20. The average Bonchev–Trinajstić information content (AvgIpc) is 2.65. The third-order valence-corrected chi connectivity index (χ3v) is 3.43. The number of nitrogens with one attached hydrogen (secondary N) is 1. The van der Waals surface area contributed by atoms with Gasteiger partial charge in [0.2, 0.25) is 0 Å². The predicted molar refractivity (Wildman–Crippen MR) is 91.9 cm³/mol. The number of ether oxygens (including phenoxy) is 3. The van der Waals surface area contributed by atoms with E-state index in [9.17, 15) is 9.59 Å². The van der Waals surface area contributed by atoms with Crippen LogP contribution in [0.25, 0.3) is 0 Å². The molecule has 6 nitrogen and oxygen atoms in total. The number of esters is 1. The van der Waals surface area contributed by atoms with Crippen LogP contribution < -0.4 is 5.32 Å². The van der Waals surface area contributed by atoms with Crippen molar-refractivity contribution in [2.24, 2.45) is 0 Å². The molecule has 132 valence electrons. The molecule has 0 fully saturated rings. The lowest BCUT2D eigenvalue weighted by atomic mass is 10.1. The summed E-state index contributed by atoms with van der Waals surface area (Å²) < 4.78 is 15.6. The molecule has 2 aromatic rings. The van der Waals surface area contributed by atoms with E-state index in [1.807, 2.05) is 30.3 Å². The highest BCUT2D eigenvalue weighted by molar-refractivity contribution is 5.91. The molecule has 2 rings (SSSR count). The van der Waals surface area contributed by atoms with Gasteiger partial charge in [0.1, 0.15) is 0 Å². The van der Waals surface area contributed by atoms with E-state index in [4.69, 9.17) is 14.2 Å². The summed E-state index contributed by atoms with van der Waals surface area (Å²) in [6.07, 6.45) is -1.48. The minimum Gasteiger partial charge on any atom is -0.465 e. The first-order valence-corrected chi connectivity index (χ1v) is 7.91. The van der Waals surface area contributed by atoms with Crippen molar-refractivity contribution in [3.63, 3.8) is 0 Å². The Balaban J connectivity index is 2.24. The summed E-state index contributed by atoms with van der Waals surface area (Å²) >= 11 is 0. The predicted octanol–water partition coefficient (Wildman–Crippen LogP) is 3.43. The topological polar surface area (TPSA) is 73.9 Å². The van der Waals surface area contributed by atoms with Gasteiger partial charge in [-0.2, -0.15) is 0 Å². The van der Waals surface area contributed by atoms with Gasteiger partial charge in [0.25, 0.3) is 0 Å². The Morgan fingerprint density at radius 1 is 1.04 bits per heavy atom. The van der Waals surface area contributed by atoms with E-state index in [2.05, 4.69) is 5.32 Å². The smallest absolute Gasteiger partial charge is 0.409 e. The van der Waals surface area contributed by atoms with Gasteiger partial charge >= 0.3 is 12.1 Å². The minimum absolute atomic E-state index is 0.232. The lowest BCUT2D eigenvalue weighted by Crippen LogP contribution is -2.32. The summed E-state index contributed by atoms with van der Waals surface area (Å²) in [5, 5.41) is 2.63. The Morgan fingerprint density at radius 3 is 2.40 bits per heavy atom. The molecule has 0 aliphatic carbocycles. The molecule has 0 saturated heterocycles. The van der Waals surface area contributed by atoms with Crippen LogP contribution in [-0.4, -0.2) is 25.8 Å². The number of amides is 1. The standard InChI is InChI=1S/C19H21NO5/c1-3-24-19(22)20-17(25-13-14-9-5-4-6-10-14)15-11-7-8-12-16(15)18(21)23-2/h4-12,17H,3,13H2,1-2H3,(H,20,22). The van der Waals surface area contributed by atoms with Crippen LogP contribution >= 0.6 is 0 Å². The van der Waals surface area contributed by atoms with Crippen LogP contribution in [-0.2, 0) is 20.8 Å². The summed E-state index contributed by atoms with van der Waals surface area (Å²) in [4.78, 5) is 23.9. The van der Waals surface area contributed by atoms with Crippen molar-refractivity contribution < 1.29 is 23.8 Å².